The summed E-state index contributed by atoms with van der Waals surface area (Å²) in [6, 6.07) is 5.28. The van der Waals surface area contributed by atoms with Gasteiger partial charge in [-0.25, -0.2) is 4.79 Å². The van der Waals surface area contributed by atoms with Crippen LogP contribution in [0.1, 0.15) is 31.2 Å². The van der Waals surface area contributed by atoms with Gasteiger partial charge in [0, 0.05) is 24.1 Å². The van der Waals surface area contributed by atoms with Gasteiger partial charge in [0.15, 0.2) is 0 Å². The number of carboxylic acids is 2. The number of carbonyl (C=O) groups is 2. The van der Waals surface area contributed by atoms with E-state index in [1.54, 1.807) is 14.2 Å². The lowest BCUT2D eigenvalue weighted by Crippen LogP contribution is -2.66. The van der Waals surface area contributed by atoms with Gasteiger partial charge in [0.05, 0.1) is 14.2 Å². The number of rotatable bonds is 5. The topological polar surface area (TPSA) is 96.3 Å². The molecule has 1 aromatic rings. The van der Waals surface area contributed by atoms with Gasteiger partial charge in [0.1, 0.15) is 17.5 Å². The van der Waals surface area contributed by atoms with Crippen molar-refractivity contribution in [2.45, 2.75) is 44.4 Å². The molecule has 2 aliphatic rings. The molecule has 0 bridgehead atoms. The molecule has 1 spiro atoms. The van der Waals surface area contributed by atoms with Crippen molar-refractivity contribution >= 4 is 11.9 Å². The maximum atomic E-state index is 11.7. The fourth-order valence-corrected chi connectivity index (χ4v) is 4.16. The molecule has 1 heterocycles. The second-order valence-corrected chi connectivity index (χ2v) is 7.20. The van der Waals surface area contributed by atoms with E-state index in [9.17, 15) is 23.1 Å². The third kappa shape index (κ3) is 5.11. The molecule has 1 unspecified atom stereocenters. The molecular formula is C19H24F3NO6. The lowest BCUT2D eigenvalue weighted by molar-refractivity contribution is -0.192. The smallest absolute Gasteiger partial charge is 0.490 e. The average Bonchev–Trinajstić information content (AvgIpc) is 3.11. The van der Waals surface area contributed by atoms with Crippen molar-refractivity contribution in [1.29, 1.82) is 0 Å². The minimum Gasteiger partial charge on any atom is -0.497 e. The number of aliphatic carboxylic acids is 2. The molecule has 7 nitrogen and oxygen atoms in total. The number of alkyl halides is 3. The van der Waals surface area contributed by atoms with E-state index in [0.29, 0.717) is 6.54 Å². The summed E-state index contributed by atoms with van der Waals surface area (Å²) in [6.07, 6.45) is -0.703. The van der Waals surface area contributed by atoms with Crippen LogP contribution in [0.15, 0.2) is 18.2 Å². The number of hydrogen-bond acceptors (Lipinski definition) is 5. The van der Waals surface area contributed by atoms with Crippen molar-refractivity contribution < 1.29 is 42.4 Å². The Balaban J connectivity index is 0.000000370. The molecule has 1 saturated carbocycles. The van der Waals surface area contributed by atoms with E-state index < -0.39 is 18.1 Å². The largest absolute Gasteiger partial charge is 0.497 e. The normalized spacial score (nSPS) is 20.4. The molecule has 1 aliphatic carbocycles. The Hall–Kier alpha value is -2.49. The highest BCUT2D eigenvalue weighted by Gasteiger charge is 2.57. The van der Waals surface area contributed by atoms with E-state index >= 15 is 0 Å². The van der Waals surface area contributed by atoms with E-state index in [-0.39, 0.29) is 11.5 Å². The van der Waals surface area contributed by atoms with Gasteiger partial charge in [-0.15, -0.1) is 0 Å². The second-order valence-electron chi connectivity index (χ2n) is 7.20. The van der Waals surface area contributed by atoms with Crippen LogP contribution in [0, 0.1) is 5.41 Å². The summed E-state index contributed by atoms with van der Waals surface area (Å²) in [5.41, 5.74) is 0.971. The molecule has 1 aromatic carbocycles. The van der Waals surface area contributed by atoms with Gasteiger partial charge in [-0.05, 0) is 31.0 Å². The van der Waals surface area contributed by atoms with Gasteiger partial charge in [0.2, 0.25) is 0 Å². The zero-order valence-electron chi connectivity index (χ0n) is 16.2. The van der Waals surface area contributed by atoms with Gasteiger partial charge < -0.3 is 19.7 Å². The first-order chi connectivity index (χ1) is 13.5. The van der Waals surface area contributed by atoms with Crippen molar-refractivity contribution in [3.8, 4) is 11.5 Å². The Labute approximate surface area is 166 Å². The van der Waals surface area contributed by atoms with Crippen LogP contribution in [0.5, 0.6) is 11.5 Å². The Morgan fingerprint density at radius 1 is 1.17 bits per heavy atom. The van der Waals surface area contributed by atoms with Gasteiger partial charge in [-0.2, -0.15) is 13.2 Å². The van der Waals surface area contributed by atoms with Gasteiger partial charge in [-0.1, -0.05) is 12.8 Å². The molecule has 2 fully saturated rings. The Kier molecular flexibility index (Phi) is 6.99. The highest BCUT2D eigenvalue weighted by Crippen LogP contribution is 2.51. The lowest BCUT2D eigenvalue weighted by atomic mass is 9.70. The third-order valence-electron chi connectivity index (χ3n) is 5.40. The van der Waals surface area contributed by atoms with Crippen molar-refractivity contribution in [2.24, 2.45) is 5.41 Å². The number of methoxy groups -OCH3 is 2. The number of halogens is 3. The standard InChI is InChI=1S/C17H23NO4.C2HF3O2/c1-21-13-5-6-14(22-2)12(9-13)10-18-11-17(7-3-4-8-17)15(18)16(19)20;3-2(4,5)1(6)7/h5-6,9,15H,3-4,7-8,10-11H2,1-2H3,(H,19,20);(H,6,7). The van der Waals surface area contributed by atoms with Crippen LogP contribution in [-0.2, 0) is 16.1 Å². The molecule has 1 saturated heterocycles. The van der Waals surface area contributed by atoms with Gasteiger partial charge in [0.25, 0.3) is 0 Å². The number of carboxylic acid groups (broad SMARTS) is 2. The van der Waals surface area contributed by atoms with Crippen LogP contribution >= 0.6 is 0 Å². The summed E-state index contributed by atoms with van der Waals surface area (Å²) in [4.78, 5) is 22.7. The van der Waals surface area contributed by atoms with E-state index in [4.69, 9.17) is 19.4 Å². The van der Waals surface area contributed by atoms with Crippen molar-refractivity contribution in [1.82, 2.24) is 4.90 Å². The first-order valence-corrected chi connectivity index (χ1v) is 9.02. The Bertz CT molecular complexity index is 746. The van der Waals surface area contributed by atoms with Crippen LogP contribution in [0.3, 0.4) is 0 Å². The molecule has 10 heteroatoms. The van der Waals surface area contributed by atoms with Gasteiger partial charge >= 0.3 is 18.1 Å². The third-order valence-corrected chi connectivity index (χ3v) is 5.40. The predicted molar refractivity (Wildman–Crippen MR) is 96.0 cm³/mol. The molecule has 162 valence electrons. The fourth-order valence-electron chi connectivity index (χ4n) is 4.16. The van der Waals surface area contributed by atoms with Crippen molar-refractivity contribution in [2.75, 3.05) is 20.8 Å². The second kappa shape index (κ2) is 8.89. The Morgan fingerprint density at radius 2 is 1.76 bits per heavy atom. The molecule has 3 rings (SSSR count). The fraction of sp³-hybridized carbons (Fsp3) is 0.579. The summed E-state index contributed by atoms with van der Waals surface area (Å²) in [6.45, 7) is 1.45. The summed E-state index contributed by atoms with van der Waals surface area (Å²) >= 11 is 0. The predicted octanol–water partition coefficient (Wildman–Crippen LogP) is 3.17. The number of likely N-dealkylation sites (tertiary alicyclic amines) is 1. The minimum atomic E-state index is -5.08. The highest BCUT2D eigenvalue weighted by molar-refractivity contribution is 5.76. The summed E-state index contributed by atoms with van der Waals surface area (Å²) in [7, 11) is 3.26. The van der Waals surface area contributed by atoms with Crippen LogP contribution in [0.25, 0.3) is 0 Å². The maximum absolute atomic E-state index is 11.7. The molecule has 1 atom stereocenters. The summed E-state index contributed by atoms with van der Waals surface area (Å²) in [5.74, 6) is -1.92. The van der Waals surface area contributed by atoms with E-state index in [2.05, 4.69) is 0 Å². The first-order valence-electron chi connectivity index (χ1n) is 9.02. The van der Waals surface area contributed by atoms with Gasteiger partial charge in [-0.3, -0.25) is 9.69 Å². The molecule has 0 amide bonds. The van der Waals surface area contributed by atoms with Crippen LogP contribution in [-0.4, -0.2) is 60.0 Å². The lowest BCUT2D eigenvalue weighted by Gasteiger charge is -2.54. The van der Waals surface area contributed by atoms with Crippen molar-refractivity contribution in [3.63, 3.8) is 0 Å². The SMILES string of the molecule is COc1ccc(OC)c(CN2CC3(CCCC3)C2C(=O)O)c1.O=C(O)C(F)(F)F. The molecule has 2 N–H and O–H groups in total. The monoisotopic (exact) mass is 419 g/mol. The number of ether oxygens (including phenoxy) is 2. The summed E-state index contributed by atoms with van der Waals surface area (Å²) < 4.78 is 42.4. The van der Waals surface area contributed by atoms with Crippen LogP contribution in [0.4, 0.5) is 13.2 Å². The highest BCUT2D eigenvalue weighted by atomic mass is 19.4. The van der Waals surface area contributed by atoms with E-state index in [1.165, 1.54) is 0 Å². The molecule has 29 heavy (non-hydrogen) atoms. The molecule has 0 aromatic heterocycles. The van der Waals surface area contributed by atoms with E-state index in [0.717, 1.165) is 49.3 Å². The van der Waals surface area contributed by atoms with E-state index in [1.807, 2.05) is 23.1 Å². The maximum Gasteiger partial charge on any atom is 0.490 e. The zero-order valence-corrected chi connectivity index (χ0v) is 16.2. The van der Waals surface area contributed by atoms with Crippen LogP contribution in [0.2, 0.25) is 0 Å². The minimum absolute atomic E-state index is 0.00205. The number of nitrogens with zero attached hydrogens (tertiary/aromatic N) is 1. The summed E-state index contributed by atoms with van der Waals surface area (Å²) in [5, 5.41) is 16.8. The average molecular weight is 419 g/mol. The molecule has 0 radical (unpaired) electrons. The zero-order chi connectivity index (χ0) is 21.8. The quantitative estimate of drug-likeness (QED) is 0.757. The number of benzene rings is 1. The molecule has 1 aliphatic heterocycles. The van der Waals surface area contributed by atoms with Crippen LogP contribution < -0.4 is 9.47 Å². The van der Waals surface area contributed by atoms with Crippen molar-refractivity contribution in [3.05, 3.63) is 23.8 Å². The molecular weight excluding hydrogens is 395 g/mol. The Morgan fingerprint density at radius 3 is 2.21 bits per heavy atom. The first kappa shape index (κ1) is 22.8. The number of hydrogen-bond donors (Lipinski definition) is 2.